The van der Waals surface area contributed by atoms with Crippen LogP contribution in [-0.4, -0.2) is 22.8 Å². The second-order valence-corrected chi connectivity index (χ2v) is 5.86. The zero-order valence-corrected chi connectivity index (χ0v) is 13.5. The van der Waals surface area contributed by atoms with E-state index in [9.17, 15) is 14.0 Å². The van der Waals surface area contributed by atoms with Gasteiger partial charge in [-0.3, -0.25) is 9.59 Å². The Morgan fingerprint density at radius 2 is 1.92 bits per heavy atom. The molecule has 0 unspecified atom stereocenters. The topological polar surface area (TPSA) is 53.2 Å². The van der Waals surface area contributed by atoms with Crippen molar-refractivity contribution in [3.63, 3.8) is 0 Å². The largest absolute Gasteiger partial charge is 0.337 e. The first-order valence-electron chi connectivity index (χ1n) is 7.58. The molecule has 1 N–H and O–H groups in total. The predicted octanol–water partition coefficient (Wildman–Crippen LogP) is 3.25. The molecule has 4 nitrogen and oxygen atoms in total. The number of aromatic amines is 1. The smallest absolute Gasteiger partial charge is 0.256 e. The summed E-state index contributed by atoms with van der Waals surface area (Å²) >= 11 is 0. The summed E-state index contributed by atoms with van der Waals surface area (Å²) in [5, 5.41) is 0.891. The Hall–Kier alpha value is -2.95. The quantitative estimate of drug-likeness (QED) is 0.804. The summed E-state index contributed by atoms with van der Waals surface area (Å²) in [5.41, 5.74) is 2.01. The van der Waals surface area contributed by atoms with Crippen LogP contribution in [0.5, 0.6) is 0 Å². The zero-order valence-electron chi connectivity index (χ0n) is 13.5. The third-order valence-electron chi connectivity index (χ3n) is 3.94. The Bertz CT molecular complexity index is 979. The van der Waals surface area contributed by atoms with E-state index in [0.717, 1.165) is 16.5 Å². The van der Waals surface area contributed by atoms with Crippen LogP contribution in [0.3, 0.4) is 0 Å². The summed E-state index contributed by atoms with van der Waals surface area (Å²) in [5.74, 6) is -1.03. The first kappa shape index (κ1) is 15.9. The molecule has 2 aromatic carbocycles. The summed E-state index contributed by atoms with van der Waals surface area (Å²) in [4.78, 5) is 28.8. The van der Waals surface area contributed by atoms with Gasteiger partial charge in [0.15, 0.2) is 0 Å². The highest BCUT2D eigenvalue weighted by atomic mass is 19.1. The maximum Gasteiger partial charge on any atom is 0.256 e. The van der Waals surface area contributed by atoms with Crippen LogP contribution < -0.4 is 5.56 Å². The molecule has 0 saturated carbocycles. The Balaban J connectivity index is 1.90. The minimum absolute atomic E-state index is 0.00663. The van der Waals surface area contributed by atoms with Crippen molar-refractivity contribution >= 4 is 16.8 Å². The highest BCUT2D eigenvalue weighted by Crippen LogP contribution is 2.15. The van der Waals surface area contributed by atoms with Gasteiger partial charge in [-0.15, -0.1) is 0 Å². The molecule has 24 heavy (non-hydrogen) atoms. The molecule has 0 aliphatic rings. The van der Waals surface area contributed by atoms with Gasteiger partial charge in [0.05, 0.1) is 12.1 Å². The van der Waals surface area contributed by atoms with Gasteiger partial charge in [0, 0.05) is 18.1 Å². The summed E-state index contributed by atoms with van der Waals surface area (Å²) in [6, 6.07) is 13.3. The van der Waals surface area contributed by atoms with Gasteiger partial charge in [-0.2, -0.15) is 0 Å². The molecule has 0 saturated heterocycles. The first-order valence-corrected chi connectivity index (χ1v) is 7.58. The fourth-order valence-electron chi connectivity index (χ4n) is 2.65. The molecule has 5 heteroatoms. The fourth-order valence-corrected chi connectivity index (χ4v) is 2.65. The highest BCUT2D eigenvalue weighted by Gasteiger charge is 2.17. The third kappa shape index (κ3) is 3.06. The van der Waals surface area contributed by atoms with Crippen LogP contribution in [0.25, 0.3) is 10.9 Å². The van der Waals surface area contributed by atoms with Gasteiger partial charge >= 0.3 is 0 Å². The second kappa shape index (κ2) is 6.28. The molecule has 0 aliphatic heterocycles. The molecule has 0 radical (unpaired) electrons. The lowest BCUT2D eigenvalue weighted by molar-refractivity contribution is 0.0780. The molecule has 0 bridgehead atoms. The number of rotatable bonds is 3. The number of nitrogens with zero attached hydrogens (tertiary/aromatic N) is 1. The number of aromatic nitrogens is 1. The van der Waals surface area contributed by atoms with Crippen molar-refractivity contribution in [3.05, 3.63) is 81.4 Å². The number of fused-ring (bicyclic) bond motifs is 1. The number of H-pyrrole nitrogens is 1. The lowest BCUT2D eigenvalue weighted by Crippen LogP contribution is -2.29. The standard InChI is InChI=1S/C19H17FN2O2/c1-12-7-8-13-10-14(18(23)21-17(13)9-12)11-22(2)19(24)15-5-3-4-6-16(15)20/h3-10H,11H2,1-2H3,(H,21,23). The molecular weight excluding hydrogens is 307 g/mol. The number of aryl methyl sites for hydroxylation is 1. The Morgan fingerprint density at radius 1 is 1.17 bits per heavy atom. The monoisotopic (exact) mass is 324 g/mol. The molecule has 122 valence electrons. The van der Waals surface area contributed by atoms with Gasteiger partial charge in [-0.25, -0.2) is 4.39 Å². The van der Waals surface area contributed by atoms with Crippen molar-refractivity contribution in [1.82, 2.24) is 9.88 Å². The molecule has 0 atom stereocenters. The van der Waals surface area contributed by atoms with Gasteiger partial charge in [0.25, 0.3) is 11.5 Å². The second-order valence-electron chi connectivity index (χ2n) is 5.86. The van der Waals surface area contributed by atoms with Crippen LogP contribution >= 0.6 is 0 Å². The van der Waals surface area contributed by atoms with Gasteiger partial charge in [-0.05, 0) is 42.1 Å². The van der Waals surface area contributed by atoms with E-state index in [0.29, 0.717) is 5.56 Å². The van der Waals surface area contributed by atoms with Crippen molar-refractivity contribution in [1.29, 1.82) is 0 Å². The van der Waals surface area contributed by atoms with Crippen LogP contribution in [0, 0.1) is 12.7 Å². The maximum atomic E-state index is 13.7. The van der Waals surface area contributed by atoms with Crippen molar-refractivity contribution in [2.45, 2.75) is 13.5 Å². The van der Waals surface area contributed by atoms with Crippen molar-refractivity contribution in [3.8, 4) is 0 Å². The average molecular weight is 324 g/mol. The predicted molar refractivity (Wildman–Crippen MR) is 91.5 cm³/mol. The average Bonchev–Trinajstić information content (AvgIpc) is 2.55. The lowest BCUT2D eigenvalue weighted by atomic mass is 10.1. The first-order chi connectivity index (χ1) is 11.5. The number of amides is 1. The van der Waals surface area contributed by atoms with Crippen LogP contribution in [0.4, 0.5) is 4.39 Å². The molecule has 0 spiro atoms. The Kier molecular flexibility index (Phi) is 4.16. The molecule has 0 aliphatic carbocycles. The minimum atomic E-state index is -0.572. The summed E-state index contributed by atoms with van der Waals surface area (Å²) in [7, 11) is 1.55. The van der Waals surface area contributed by atoms with E-state index in [4.69, 9.17) is 0 Å². The summed E-state index contributed by atoms with van der Waals surface area (Å²) < 4.78 is 13.7. The number of carbonyl (C=O) groups is 1. The van der Waals surface area contributed by atoms with Crippen LogP contribution in [-0.2, 0) is 6.54 Å². The van der Waals surface area contributed by atoms with Gasteiger partial charge in [0.1, 0.15) is 5.82 Å². The number of hydrogen-bond donors (Lipinski definition) is 1. The van der Waals surface area contributed by atoms with E-state index in [-0.39, 0.29) is 17.7 Å². The number of pyridine rings is 1. The molecule has 3 aromatic rings. The highest BCUT2D eigenvalue weighted by molar-refractivity contribution is 5.94. The molecule has 1 aromatic heterocycles. The van der Waals surface area contributed by atoms with Crippen LogP contribution in [0.1, 0.15) is 21.5 Å². The van der Waals surface area contributed by atoms with E-state index >= 15 is 0 Å². The van der Waals surface area contributed by atoms with Gasteiger partial charge in [-0.1, -0.05) is 24.3 Å². The molecular formula is C19H17FN2O2. The number of carbonyl (C=O) groups excluding carboxylic acids is 1. The van der Waals surface area contributed by atoms with E-state index in [1.54, 1.807) is 19.2 Å². The molecule has 3 rings (SSSR count). The number of nitrogens with one attached hydrogen (secondary N) is 1. The van der Waals surface area contributed by atoms with Crippen molar-refractivity contribution < 1.29 is 9.18 Å². The number of hydrogen-bond acceptors (Lipinski definition) is 2. The van der Waals surface area contributed by atoms with Gasteiger partial charge < -0.3 is 9.88 Å². The van der Waals surface area contributed by atoms with E-state index in [1.165, 1.54) is 23.1 Å². The lowest BCUT2D eigenvalue weighted by Gasteiger charge is -2.17. The van der Waals surface area contributed by atoms with Gasteiger partial charge in [0.2, 0.25) is 0 Å². The van der Waals surface area contributed by atoms with Crippen molar-refractivity contribution in [2.75, 3.05) is 7.05 Å². The van der Waals surface area contributed by atoms with E-state index in [1.807, 2.05) is 25.1 Å². The zero-order chi connectivity index (χ0) is 17.3. The number of halogens is 1. The van der Waals surface area contributed by atoms with E-state index < -0.39 is 11.7 Å². The van der Waals surface area contributed by atoms with Crippen molar-refractivity contribution in [2.24, 2.45) is 0 Å². The maximum absolute atomic E-state index is 13.7. The minimum Gasteiger partial charge on any atom is -0.337 e. The Labute approximate surface area is 138 Å². The normalized spacial score (nSPS) is 10.8. The Morgan fingerprint density at radius 3 is 2.67 bits per heavy atom. The molecule has 0 fully saturated rings. The molecule has 1 amide bonds. The fraction of sp³-hybridized carbons (Fsp3) is 0.158. The van der Waals surface area contributed by atoms with E-state index in [2.05, 4.69) is 4.98 Å². The SMILES string of the molecule is Cc1ccc2cc(CN(C)C(=O)c3ccccc3F)c(=O)[nH]c2c1. The van der Waals surface area contributed by atoms with Crippen LogP contribution in [0.2, 0.25) is 0 Å². The number of benzene rings is 2. The third-order valence-corrected chi connectivity index (χ3v) is 3.94. The summed E-state index contributed by atoms with van der Waals surface area (Å²) in [6.07, 6.45) is 0. The van der Waals surface area contributed by atoms with Crippen LogP contribution in [0.15, 0.2) is 53.3 Å². The molecule has 1 heterocycles. The summed E-state index contributed by atoms with van der Waals surface area (Å²) in [6.45, 7) is 2.05.